The maximum atomic E-state index is 13.1. The molecule has 0 bridgehead atoms. The van der Waals surface area contributed by atoms with Crippen LogP contribution in [0, 0.1) is 5.82 Å². The van der Waals surface area contributed by atoms with Crippen LogP contribution in [0.4, 0.5) is 10.1 Å². The lowest BCUT2D eigenvalue weighted by Gasteiger charge is -2.21. The first-order chi connectivity index (χ1) is 8.54. The average molecular weight is 252 g/mol. The normalized spacial score (nSPS) is 10.7. The molecule has 18 heavy (non-hydrogen) atoms. The monoisotopic (exact) mass is 252 g/mol. The molecular weight excluding hydrogens is 231 g/mol. The van der Waals surface area contributed by atoms with E-state index in [4.69, 9.17) is 0 Å². The highest BCUT2D eigenvalue weighted by Crippen LogP contribution is 2.16. The molecule has 0 spiro atoms. The molecule has 1 N–H and O–H groups in total. The van der Waals surface area contributed by atoms with Gasteiger partial charge in [0.05, 0.1) is 0 Å². The Labute approximate surface area is 108 Å². The summed E-state index contributed by atoms with van der Waals surface area (Å²) < 4.78 is 13.1. The Morgan fingerprint density at radius 2 is 2.17 bits per heavy atom. The smallest absolute Gasteiger partial charge is 0.228 e. The van der Waals surface area contributed by atoms with Gasteiger partial charge in [-0.3, -0.25) is 4.79 Å². The predicted octanol–water partition coefficient (Wildman–Crippen LogP) is 2.57. The Morgan fingerprint density at radius 3 is 2.72 bits per heavy atom. The summed E-state index contributed by atoms with van der Waals surface area (Å²) in [4.78, 5) is 13.6. The van der Waals surface area contributed by atoms with Crippen LogP contribution in [0.1, 0.15) is 27.2 Å². The Hall–Kier alpha value is -1.42. The highest BCUT2D eigenvalue weighted by molar-refractivity contribution is 5.93. The first-order valence-electron chi connectivity index (χ1n) is 6.34. The van der Waals surface area contributed by atoms with Gasteiger partial charge in [-0.15, -0.1) is 0 Å². The maximum Gasteiger partial charge on any atom is 0.228 e. The number of benzene rings is 1. The van der Waals surface area contributed by atoms with Gasteiger partial charge in [-0.05, 0) is 25.1 Å². The van der Waals surface area contributed by atoms with Crippen LogP contribution in [-0.4, -0.2) is 25.0 Å². The number of carbonyl (C=O) groups excluding carboxylic acids is 1. The third kappa shape index (κ3) is 4.45. The van der Waals surface area contributed by atoms with Gasteiger partial charge in [-0.25, -0.2) is 4.39 Å². The first-order valence-corrected chi connectivity index (χ1v) is 6.34. The van der Waals surface area contributed by atoms with Crippen molar-refractivity contribution in [2.75, 3.05) is 18.0 Å². The summed E-state index contributed by atoms with van der Waals surface area (Å²) in [6.45, 7) is 7.15. The van der Waals surface area contributed by atoms with E-state index in [9.17, 15) is 9.18 Å². The average Bonchev–Trinajstić information content (AvgIpc) is 2.29. The standard InChI is InChI=1S/C14H21FN2O/c1-4-17(13-7-5-6-12(15)10-13)14(18)8-9-16-11(2)3/h5-7,10-11,16H,4,8-9H2,1-3H3. The summed E-state index contributed by atoms with van der Waals surface area (Å²) in [6.07, 6.45) is 0.419. The fourth-order valence-corrected chi connectivity index (χ4v) is 1.75. The molecule has 0 aliphatic heterocycles. The van der Waals surface area contributed by atoms with Crippen molar-refractivity contribution < 1.29 is 9.18 Å². The Balaban J connectivity index is 2.63. The summed E-state index contributed by atoms with van der Waals surface area (Å²) in [6, 6.07) is 6.49. The highest BCUT2D eigenvalue weighted by Gasteiger charge is 2.13. The van der Waals surface area contributed by atoms with E-state index in [1.807, 2.05) is 20.8 Å². The Kier molecular flexibility index (Phi) is 5.78. The molecule has 0 aromatic heterocycles. The maximum absolute atomic E-state index is 13.1. The molecule has 0 aliphatic carbocycles. The number of halogens is 1. The van der Waals surface area contributed by atoms with Crippen LogP contribution in [-0.2, 0) is 4.79 Å². The van der Waals surface area contributed by atoms with Crippen LogP contribution in [0.15, 0.2) is 24.3 Å². The summed E-state index contributed by atoms with van der Waals surface area (Å²) >= 11 is 0. The van der Waals surface area contributed by atoms with Gasteiger partial charge in [-0.2, -0.15) is 0 Å². The minimum Gasteiger partial charge on any atom is -0.314 e. The summed E-state index contributed by atoms with van der Waals surface area (Å²) in [5.41, 5.74) is 0.618. The number of amides is 1. The molecule has 0 radical (unpaired) electrons. The van der Waals surface area contributed by atoms with Gasteiger partial charge in [0.1, 0.15) is 5.82 Å². The SMILES string of the molecule is CCN(C(=O)CCNC(C)C)c1cccc(F)c1. The molecule has 1 amide bonds. The zero-order valence-electron chi connectivity index (χ0n) is 11.2. The van der Waals surface area contributed by atoms with Crippen LogP contribution in [0.3, 0.4) is 0 Å². The number of rotatable bonds is 6. The molecule has 1 rings (SSSR count). The number of carbonyl (C=O) groups is 1. The van der Waals surface area contributed by atoms with Crippen molar-refractivity contribution >= 4 is 11.6 Å². The molecule has 0 heterocycles. The van der Waals surface area contributed by atoms with E-state index < -0.39 is 0 Å². The fraction of sp³-hybridized carbons (Fsp3) is 0.500. The second-order valence-electron chi connectivity index (χ2n) is 4.48. The number of hydrogen-bond donors (Lipinski definition) is 1. The lowest BCUT2D eigenvalue weighted by atomic mass is 10.2. The zero-order valence-corrected chi connectivity index (χ0v) is 11.2. The molecule has 1 aromatic carbocycles. The van der Waals surface area contributed by atoms with E-state index in [2.05, 4.69) is 5.32 Å². The van der Waals surface area contributed by atoms with Crippen molar-refractivity contribution in [1.82, 2.24) is 5.32 Å². The minimum absolute atomic E-state index is 0.0104. The van der Waals surface area contributed by atoms with Crippen molar-refractivity contribution in [2.24, 2.45) is 0 Å². The lowest BCUT2D eigenvalue weighted by Crippen LogP contribution is -2.34. The van der Waals surface area contributed by atoms with Crippen LogP contribution in [0.2, 0.25) is 0 Å². The van der Waals surface area contributed by atoms with Gasteiger partial charge >= 0.3 is 0 Å². The van der Waals surface area contributed by atoms with Crippen molar-refractivity contribution in [1.29, 1.82) is 0 Å². The van der Waals surface area contributed by atoms with Gasteiger partial charge in [-0.1, -0.05) is 19.9 Å². The second-order valence-corrected chi connectivity index (χ2v) is 4.48. The van der Waals surface area contributed by atoms with Gasteiger partial charge in [0.25, 0.3) is 0 Å². The molecule has 100 valence electrons. The van der Waals surface area contributed by atoms with Crippen molar-refractivity contribution in [3.63, 3.8) is 0 Å². The quantitative estimate of drug-likeness (QED) is 0.844. The van der Waals surface area contributed by atoms with Crippen molar-refractivity contribution in [2.45, 2.75) is 33.2 Å². The van der Waals surface area contributed by atoms with E-state index in [1.54, 1.807) is 17.0 Å². The predicted molar refractivity (Wildman–Crippen MR) is 72.2 cm³/mol. The lowest BCUT2D eigenvalue weighted by molar-refractivity contribution is -0.118. The third-order valence-corrected chi connectivity index (χ3v) is 2.63. The zero-order chi connectivity index (χ0) is 13.5. The van der Waals surface area contributed by atoms with Gasteiger partial charge in [0.2, 0.25) is 5.91 Å². The van der Waals surface area contributed by atoms with Crippen LogP contribution < -0.4 is 10.2 Å². The molecule has 0 aliphatic rings. The van der Waals surface area contributed by atoms with E-state index >= 15 is 0 Å². The van der Waals surface area contributed by atoms with Crippen LogP contribution in [0.25, 0.3) is 0 Å². The molecule has 4 heteroatoms. The number of nitrogens with zero attached hydrogens (tertiary/aromatic N) is 1. The molecule has 1 aromatic rings. The molecule has 0 fully saturated rings. The number of hydrogen-bond acceptors (Lipinski definition) is 2. The third-order valence-electron chi connectivity index (χ3n) is 2.63. The fourth-order valence-electron chi connectivity index (χ4n) is 1.75. The first kappa shape index (κ1) is 14.6. The summed E-state index contributed by atoms with van der Waals surface area (Å²) in [5.74, 6) is -0.310. The Morgan fingerprint density at radius 1 is 1.44 bits per heavy atom. The molecule has 0 saturated carbocycles. The van der Waals surface area contributed by atoms with Crippen LogP contribution in [0.5, 0.6) is 0 Å². The number of nitrogens with one attached hydrogen (secondary N) is 1. The largest absolute Gasteiger partial charge is 0.314 e. The number of anilines is 1. The molecular formula is C14H21FN2O. The molecule has 3 nitrogen and oxygen atoms in total. The minimum atomic E-state index is -0.320. The summed E-state index contributed by atoms with van der Waals surface area (Å²) in [7, 11) is 0. The van der Waals surface area contributed by atoms with E-state index in [1.165, 1.54) is 12.1 Å². The molecule has 0 saturated heterocycles. The summed E-state index contributed by atoms with van der Waals surface area (Å²) in [5, 5.41) is 3.20. The van der Waals surface area contributed by atoms with E-state index in [-0.39, 0.29) is 11.7 Å². The van der Waals surface area contributed by atoms with E-state index in [0.717, 1.165) is 0 Å². The topological polar surface area (TPSA) is 32.3 Å². The van der Waals surface area contributed by atoms with E-state index in [0.29, 0.717) is 31.2 Å². The van der Waals surface area contributed by atoms with Gasteiger partial charge < -0.3 is 10.2 Å². The molecule has 0 unspecified atom stereocenters. The van der Waals surface area contributed by atoms with Crippen LogP contribution >= 0.6 is 0 Å². The van der Waals surface area contributed by atoms with Crippen molar-refractivity contribution in [3.8, 4) is 0 Å². The van der Waals surface area contributed by atoms with Crippen molar-refractivity contribution in [3.05, 3.63) is 30.1 Å². The second kappa shape index (κ2) is 7.11. The Bertz CT molecular complexity index is 393. The van der Waals surface area contributed by atoms with Gasteiger partial charge in [0, 0.05) is 31.2 Å². The van der Waals surface area contributed by atoms with Gasteiger partial charge in [0.15, 0.2) is 0 Å². The highest BCUT2D eigenvalue weighted by atomic mass is 19.1. The molecule has 0 atom stereocenters.